The van der Waals surface area contributed by atoms with Gasteiger partial charge in [-0.05, 0) is 17.7 Å². The van der Waals surface area contributed by atoms with Gasteiger partial charge in [0.1, 0.15) is 23.4 Å². The quantitative estimate of drug-likeness (QED) is 0.399. The molecule has 0 saturated heterocycles. The van der Waals surface area contributed by atoms with Crippen LogP contribution in [0.25, 0.3) is 0 Å². The van der Waals surface area contributed by atoms with E-state index in [4.69, 9.17) is 18.9 Å². The smallest absolute Gasteiger partial charge is 0.508 e. The standard InChI is InChI=1S/C19H20O9/c1-24-9-26-17-5-10(3-4-15(17)28-19(23)25-2)18-14(22)8-12-13(21)6-11(20)7-16(12)27-18/h3-7,14,18,20-22H,8-9H2,1-2H3. The third-order valence-corrected chi connectivity index (χ3v) is 4.18. The lowest BCUT2D eigenvalue weighted by Crippen LogP contribution is -2.30. The molecule has 9 heteroatoms. The molecule has 0 saturated carbocycles. The minimum atomic E-state index is -0.967. The van der Waals surface area contributed by atoms with Crippen LogP contribution in [0.5, 0.6) is 28.7 Å². The number of aliphatic hydroxyl groups is 1. The fourth-order valence-corrected chi connectivity index (χ4v) is 2.90. The van der Waals surface area contributed by atoms with Crippen LogP contribution in [0.2, 0.25) is 0 Å². The topological polar surface area (TPSA) is 124 Å². The van der Waals surface area contributed by atoms with Crippen molar-refractivity contribution in [2.45, 2.75) is 18.6 Å². The van der Waals surface area contributed by atoms with Crippen LogP contribution in [-0.4, -0.2) is 48.6 Å². The Morgan fingerprint density at radius 1 is 1.18 bits per heavy atom. The summed E-state index contributed by atoms with van der Waals surface area (Å²) in [5, 5.41) is 30.1. The number of fused-ring (bicyclic) bond motifs is 1. The number of aliphatic hydroxyl groups excluding tert-OH is 1. The Balaban J connectivity index is 1.92. The largest absolute Gasteiger partial charge is 0.513 e. The maximum absolute atomic E-state index is 11.4. The SMILES string of the molecule is COCOc1cc(C2Oc3cc(O)cc(O)c3CC2O)ccc1OC(=O)OC. The lowest BCUT2D eigenvalue weighted by molar-refractivity contribution is 0.0190. The van der Waals surface area contributed by atoms with Crippen molar-refractivity contribution < 1.29 is 43.8 Å². The van der Waals surface area contributed by atoms with Crippen molar-refractivity contribution in [2.24, 2.45) is 0 Å². The van der Waals surface area contributed by atoms with Crippen molar-refractivity contribution in [3.8, 4) is 28.7 Å². The zero-order chi connectivity index (χ0) is 20.3. The van der Waals surface area contributed by atoms with Crippen molar-refractivity contribution in [3.63, 3.8) is 0 Å². The summed E-state index contributed by atoms with van der Waals surface area (Å²) < 4.78 is 25.6. The van der Waals surface area contributed by atoms with Gasteiger partial charge in [-0.15, -0.1) is 0 Å². The Labute approximate surface area is 160 Å². The number of aromatic hydroxyl groups is 2. The second kappa shape index (κ2) is 8.24. The summed E-state index contributed by atoms with van der Waals surface area (Å²) in [6.07, 6.45) is -2.55. The van der Waals surface area contributed by atoms with Crippen molar-refractivity contribution in [2.75, 3.05) is 21.0 Å². The average molecular weight is 392 g/mol. The molecule has 0 aliphatic carbocycles. The fraction of sp³-hybridized carbons (Fsp3) is 0.316. The predicted molar refractivity (Wildman–Crippen MR) is 94.8 cm³/mol. The summed E-state index contributed by atoms with van der Waals surface area (Å²) in [7, 11) is 2.62. The number of methoxy groups -OCH3 is 2. The van der Waals surface area contributed by atoms with Gasteiger partial charge in [0.15, 0.2) is 18.3 Å². The zero-order valence-corrected chi connectivity index (χ0v) is 15.2. The van der Waals surface area contributed by atoms with Gasteiger partial charge in [0.05, 0.1) is 13.2 Å². The molecule has 2 unspecified atom stereocenters. The second-order valence-corrected chi connectivity index (χ2v) is 6.06. The van der Waals surface area contributed by atoms with Crippen LogP contribution in [-0.2, 0) is 15.9 Å². The Kier molecular flexibility index (Phi) is 5.76. The van der Waals surface area contributed by atoms with Gasteiger partial charge in [-0.3, -0.25) is 0 Å². The molecule has 0 radical (unpaired) electrons. The number of phenols is 2. The molecule has 28 heavy (non-hydrogen) atoms. The van der Waals surface area contributed by atoms with E-state index in [1.807, 2.05) is 0 Å². The molecule has 2 aromatic carbocycles. The molecule has 3 rings (SSSR count). The summed E-state index contributed by atoms with van der Waals surface area (Å²) in [5.41, 5.74) is 0.937. The molecule has 0 bridgehead atoms. The van der Waals surface area contributed by atoms with Crippen LogP contribution in [0.1, 0.15) is 17.2 Å². The molecule has 1 aliphatic heterocycles. The molecule has 1 aliphatic rings. The maximum atomic E-state index is 11.4. The maximum Gasteiger partial charge on any atom is 0.513 e. The minimum absolute atomic E-state index is 0.0976. The number of benzene rings is 2. The third kappa shape index (κ3) is 4.05. The first-order chi connectivity index (χ1) is 13.4. The van der Waals surface area contributed by atoms with Crippen LogP contribution in [0.4, 0.5) is 4.79 Å². The summed E-state index contributed by atoms with van der Waals surface area (Å²) >= 11 is 0. The van der Waals surface area contributed by atoms with E-state index < -0.39 is 18.4 Å². The number of rotatable bonds is 5. The van der Waals surface area contributed by atoms with Crippen LogP contribution >= 0.6 is 0 Å². The van der Waals surface area contributed by atoms with Crippen LogP contribution in [0.15, 0.2) is 30.3 Å². The first-order valence-corrected chi connectivity index (χ1v) is 8.34. The van der Waals surface area contributed by atoms with E-state index >= 15 is 0 Å². The Morgan fingerprint density at radius 2 is 1.96 bits per heavy atom. The van der Waals surface area contributed by atoms with Gasteiger partial charge in [-0.1, -0.05) is 6.07 Å². The highest BCUT2D eigenvalue weighted by atomic mass is 16.7. The summed E-state index contributed by atoms with van der Waals surface area (Å²) in [4.78, 5) is 11.4. The Bertz CT molecular complexity index is 865. The molecule has 9 nitrogen and oxygen atoms in total. The van der Waals surface area contributed by atoms with E-state index in [-0.39, 0.29) is 42.0 Å². The van der Waals surface area contributed by atoms with E-state index in [1.165, 1.54) is 32.4 Å². The van der Waals surface area contributed by atoms with Gasteiger partial charge in [0.2, 0.25) is 0 Å². The highest BCUT2D eigenvalue weighted by Gasteiger charge is 2.32. The van der Waals surface area contributed by atoms with E-state index in [0.29, 0.717) is 11.1 Å². The molecule has 2 atom stereocenters. The van der Waals surface area contributed by atoms with E-state index in [9.17, 15) is 20.1 Å². The van der Waals surface area contributed by atoms with E-state index in [1.54, 1.807) is 12.1 Å². The summed E-state index contributed by atoms with van der Waals surface area (Å²) in [6.45, 7) is -0.0976. The molecule has 0 amide bonds. The number of hydrogen-bond donors (Lipinski definition) is 3. The van der Waals surface area contributed by atoms with E-state index in [0.717, 1.165) is 0 Å². The zero-order valence-electron chi connectivity index (χ0n) is 15.2. The van der Waals surface area contributed by atoms with Gasteiger partial charge >= 0.3 is 6.16 Å². The van der Waals surface area contributed by atoms with Crippen molar-refractivity contribution in [3.05, 3.63) is 41.5 Å². The minimum Gasteiger partial charge on any atom is -0.508 e. The Hall–Kier alpha value is -3.17. The first-order valence-electron chi connectivity index (χ1n) is 8.34. The number of carbonyl (C=O) groups is 1. The predicted octanol–water partition coefficient (Wildman–Crippen LogP) is 2.26. The van der Waals surface area contributed by atoms with Crippen LogP contribution < -0.4 is 14.2 Å². The van der Waals surface area contributed by atoms with Gasteiger partial charge < -0.3 is 39.0 Å². The highest BCUT2D eigenvalue weighted by molar-refractivity contribution is 5.65. The number of hydrogen-bond acceptors (Lipinski definition) is 9. The molecule has 3 N–H and O–H groups in total. The lowest BCUT2D eigenvalue weighted by atomic mass is 9.94. The molecule has 150 valence electrons. The van der Waals surface area contributed by atoms with Crippen molar-refractivity contribution in [1.29, 1.82) is 0 Å². The van der Waals surface area contributed by atoms with Gasteiger partial charge in [0.25, 0.3) is 0 Å². The summed E-state index contributed by atoms with van der Waals surface area (Å²) in [6, 6.07) is 7.16. The molecular formula is C19H20O9. The van der Waals surface area contributed by atoms with Gasteiger partial charge in [-0.2, -0.15) is 0 Å². The Morgan fingerprint density at radius 3 is 2.68 bits per heavy atom. The van der Waals surface area contributed by atoms with Crippen molar-refractivity contribution >= 4 is 6.16 Å². The average Bonchev–Trinajstić information content (AvgIpc) is 2.67. The molecule has 1 heterocycles. The number of ether oxygens (including phenoxy) is 5. The molecule has 0 aromatic heterocycles. The second-order valence-electron chi connectivity index (χ2n) is 6.06. The molecular weight excluding hydrogens is 372 g/mol. The molecule has 0 fully saturated rings. The monoisotopic (exact) mass is 392 g/mol. The summed E-state index contributed by atoms with van der Waals surface area (Å²) in [5.74, 6) is 0.247. The number of carbonyl (C=O) groups excluding carboxylic acids is 1. The van der Waals surface area contributed by atoms with E-state index in [2.05, 4.69) is 4.74 Å². The normalized spacial score (nSPS) is 18.0. The fourth-order valence-electron chi connectivity index (χ4n) is 2.90. The van der Waals surface area contributed by atoms with Crippen LogP contribution in [0, 0.1) is 0 Å². The highest BCUT2D eigenvalue weighted by Crippen LogP contribution is 2.43. The molecule has 2 aromatic rings. The first kappa shape index (κ1) is 19.6. The molecule has 0 spiro atoms. The van der Waals surface area contributed by atoms with Gasteiger partial charge in [-0.25, -0.2) is 4.79 Å². The third-order valence-electron chi connectivity index (χ3n) is 4.18. The number of phenolic OH excluding ortho intramolecular Hbond substituents is 2. The van der Waals surface area contributed by atoms with Gasteiger partial charge in [0, 0.05) is 31.2 Å². The lowest BCUT2D eigenvalue weighted by Gasteiger charge is -2.31. The van der Waals surface area contributed by atoms with Crippen LogP contribution in [0.3, 0.4) is 0 Å². The van der Waals surface area contributed by atoms with Crippen molar-refractivity contribution in [1.82, 2.24) is 0 Å².